The zero-order chi connectivity index (χ0) is 53.4. The molecule has 418 valence electrons. The van der Waals surface area contributed by atoms with Crippen molar-refractivity contribution in [1.29, 1.82) is 0 Å². The number of allylic oxidation sites excluding steroid dienone is 25. The summed E-state index contributed by atoms with van der Waals surface area (Å²) in [7, 11) is 0. The standard InChI is InChI=1S/C70H115NO3/c1-3-5-7-9-11-13-15-17-19-21-23-25-27-29-30-31-32-33-34-35-36-37-38-39-40-42-44-46-48-50-52-54-56-58-60-62-64-66-70(74)71-68(67-72)69(73)65-63-61-59-57-55-53-51-49-47-45-43-41-28-26-24-22-20-18-16-14-12-10-8-6-4-2/h5,7,11,13,17,19,23,25,29-30,32-33,35-36,38-39,42,44,47-50,55,57,63,65,68-69,72-73H,3-4,6,8-10,12,14-16,18,20-22,24,26-28,31,34,37,40-41,43,45-46,51-54,56,58-62,64,66-67H2,1-2H3,(H,71,74)/b7-5-,13-11-,19-17-,25-23-,30-29-,33-32-,36-35-,39-38-,44-42-,49-47+,50-48-,57-55+,65-63+. The molecule has 2 atom stereocenters. The number of carbonyl (C=O) groups excluding carboxylic acids is 1. The molecule has 1 amide bonds. The van der Waals surface area contributed by atoms with E-state index in [-0.39, 0.29) is 12.5 Å². The predicted octanol–water partition coefficient (Wildman–Crippen LogP) is 20.9. The Kier molecular flexibility index (Phi) is 59.9. The Balaban J connectivity index is 3.69. The van der Waals surface area contributed by atoms with Crippen LogP contribution in [0.15, 0.2) is 158 Å². The summed E-state index contributed by atoms with van der Waals surface area (Å²) in [6.45, 7) is 4.18. The molecule has 0 aromatic carbocycles. The molecule has 0 aliphatic rings. The Morgan fingerprint density at radius 3 is 0.946 bits per heavy atom. The fourth-order valence-electron chi connectivity index (χ4n) is 8.36. The van der Waals surface area contributed by atoms with Gasteiger partial charge < -0.3 is 15.5 Å². The van der Waals surface area contributed by atoms with Gasteiger partial charge in [0.05, 0.1) is 18.8 Å². The van der Waals surface area contributed by atoms with Crippen molar-refractivity contribution >= 4 is 5.91 Å². The van der Waals surface area contributed by atoms with E-state index in [1.807, 2.05) is 6.08 Å². The number of carbonyl (C=O) groups is 1. The molecule has 0 heterocycles. The van der Waals surface area contributed by atoms with Crippen molar-refractivity contribution in [3.63, 3.8) is 0 Å². The zero-order valence-corrected chi connectivity index (χ0v) is 48.0. The third kappa shape index (κ3) is 58.9. The number of amides is 1. The van der Waals surface area contributed by atoms with E-state index in [0.29, 0.717) is 6.42 Å². The van der Waals surface area contributed by atoms with Gasteiger partial charge in [-0.05, 0) is 122 Å². The van der Waals surface area contributed by atoms with Gasteiger partial charge in [0.1, 0.15) is 0 Å². The van der Waals surface area contributed by atoms with Crippen molar-refractivity contribution in [3.05, 3.63) is 158 Å². The van der Waals surface area contributed by atoms with E-state index in [9.17, 15) is 15.0 Å². The Morgan fingerprint density at radius 1 is 0.338 bits per heavy atom. The quantitative estimate of drug-likeness (QED) is 0.0420. The fraction of sp³-hybridized carbons (Fsp3) is 0.614. The van der Waals surface area contributed by atoms with E-state index in [2.05, 4.69) is 165 Å². The van der Waals surface area contributed by atoms with E-state index in [1.54, 1.807) is 6.08 Å². The summed E-state index contributed by atoms with van der Waals surface area (Å²) in [6.07, 6.45) is 101. The second-order valence-corrected chi connectivity index (χ2v) is 20.0. The maximum Gasteiger partial charge on any atom is 0.220 e. The molecule has 2 unspecified atom stereocenters. The first-order valence-electron chi connectivity index (χ1n) is 30.7. The predicted molar refractivity (Wildman–Crippen MR) is 331 cm³/mol. The number of hydrogen-bond acceptors (Lipinski definition) is 3. The van der Waals surface area contributed by atoms with Crippen LogP contribution in [0.1, 0.15) is 258 Å². The lowest BCUT2D eigenvalue weighted by atomic mass is 10.0. The number of hydrogen-bond donors (Lipinski definition) is 3. The monoisotopic (exact) mass is 1020 g/mol. The molecule has 0 aromatic heterocycles. The van der Waals surface area contributed by atoms with Crippen molar-refractivity contribution in [2.45, 2.75) is 270 Å². The molecule has 0 radical (unpaired) electrons. The van der Waals surface area contributed by atoms with Crippen molar-refractivity contribution in [1.82, 2.24) is 5.32 Å². The van der Waals surface area contributed by atoms with Gasteiger partial charge in [-0.3, -0.25) is 4.79 Å². The number of nitrogens with one attached hydrogen (secondary N) is 1. The summed E-state index contributed by atoms with van der Waals surface area (Å²) in [6, 6.07) is -0.667. The third-order valence-corrected chi connectivity index (χ3v) is 13.0. The van der Waals surface area contributed by atoms with E-state index >= 15 is 0 Å². The maximum absolute atomic E-state index is 12.5. The Bertz CT molecular complexity index is 1580. The Hall–Kier alpha value is -3.99. The normalized spacial score (nSPS) is 13.9. The number of unbranched alkanes of at least 4 members (excludes halogenated alkanes) is 23. The van der Waals surface area contributed by atoms with Crippen LogP contribution in [-0.4, -0.2) is 34.9 Å². The highest BCUT2D eigenvalue weighted by Gasteiger charge is 2.18. The van der Waals surface area contributed by atoms with Crippen LogP contribution in [0, 0.1) is 0 Å². The molecule has 4 nitrogen and oxygen atoms in total. The van der Waals surface area contributed by atoms with E-state index in [0.717, 1.165) is 116 Å². The molecule has 0 fully saturated rings. The highest BCUT2D eigenvalue weighted by atomic mass is 16.3. The third-order valence-electron chi connectivity index (χ3n) is 13.0. The van der Waals surface area contributed by atoms with Gasteiger partial charge in [0, 0.05) is 6.42 Å². The van der Waals surface area contributed by atoms with E-state index < -0.39 is 12.1 Å². The molecular weight excluding hydrogens is 903 g/mol. The average Bonchev–Trinajstić information content (AvgIpc) is 3.40. The largest absolute Gasteiger partial charge is 0.394 e. The minimum Gasteiger partial charge on any atom is -0.394 e. The molecule has 0 aromatic rings. The lowest BCUT2D eigenvalue weighted by molar-refractivity contribution is -0.123. The zero-order valence-electron chi connectivity index (χ0n) is 48.0. The van der Waals surface area contributed by atoms with Crippen molar-refractivity contribution < 1.29 is 15.0 Å². The minimum absolute atomic E-state index is 0.0981. The Labute approximate surface area is 458 Å². The summed E-state index contributed by atoms with van der Waals surface area (Å²) in [5, 5.41) is 23.2. The van der Waals surface area contributed by atoms with Crippen LogP contribution < -0.4 is 5.32 Å². The van der Waals surface area contributed by atoms with Gasteiger partial charge in [0.25, 0.3) is 0 Å². The smallest absolute Gasteiger partial charge is 0.220 e. The van der Waals surface area contributed by atoms with E-state index in [1.165, 1.54) is 122 Å². The first-order chi connectivity index (χ1) is 36.7. The lowest BCUT2D eigenvalue weighted by Crippen LogP contribution is -2.45. The molecule has 0 aliphatic heterocycles. The molecule has 74 heavy (non-hydrogen) atoms. The summed E-state index contributed by atoms with van der Waals surface area (Å²) in [5.41, 5.74) is 0. The molecule has 0 saturated heterocycles. The number of aliphatic hydroxyl groups excluding tert-OH is 2. The second kappa shape index (κ2) is 63.3. The summed E-state index contributed by atoms with van der Waals surface area (Å²) in [4.78, 5) is 12.5. The summed E-state index contributed by atoms with van der Waals surface area (Å²) in [5.74, 6) is -0.0981. The highest BCUT2D eigenvalue weighted by Crippen LogP contribution is 2.15. The number of rotatable bonds is 54. The van der Waals surface area contributed by atoms with Crippen molar-refractivity contribution in [2.24, 2.45) is 0 Å². The van der Waals surface area contributed by atoms with Crippen molar-refractivity contribution in [2.75, 3.05) is 6.61 Å². The first kappa shape index (κ1) is 70.0. The van der Waals surface area contributed by atoms with Gasteiger partial charge >= 0.3 is 0 Å². The topological polar surface area (TPSA) is 69.6 Å². The molecule has 0 bridgehead atoms. The van der Waals surface area contributed by atoms with Gasteiger partial charge in [-0.1, -0.05) is 287 Å². The highest BCUT2D eigenvalue weighted by molar-refractivity contribution is 5.76. The summed E-state index contributed by atoms with van der Waals surface area (Å²) >= 11 is 0. The van der Waals surface area contributed by atoms with Crippen LogP contribution >= 0.6 is 0 Å². The van der Waals surface area contributed by atoms with Crippen LogP contribution in [0.4, 0.5) is 0 Å². The number of aliphatic hydroxyl groups is 2. The van der Waals surface area contributed by atoms with Gasteiger partial charge in [0.15, 0.2) is 0 Å². The van der Waals surface area contributed by atoms with Gasteiger partial charge in [0.2, 0.25) is 5.91 Å². The first-order valence-corrected chi connectivity index (χ1v) is 30.7. The van der Waals surface area contributed by atoms with Crippen LogP contribution in [0.5, 0.6) is 0 Å². The molecule has 0 rings (SSSR count). The average molecular weight is 1020 g/mol. The van der Waals surface area contributed by atoms with Gasteiger partial charge in [-0.25, -0.2) is 0 Å². The molecular formula is C70H115NO3. The van der Waals surface area contributed by atoms with Crippen LogP contribution in [0.2, 0.25) is 0 Å². The SMILES string of the molecule is CC/C=C\C/C=C\C/C=C\C/C=C\C/C=C\C/C=C\C/C=C\C/C=C\C/C=C\C/C=C\CCCCCCCCC(=O)NC(CO)C(O)/C=C/CC/C=C/CC/C=C/CCCCCCCCCCCCCCCCC. The van der Waals surface area contributed by atoms with E-state index in [4.69, 9.17) is 0 Å². The molecule has 4 heteroatoms. The van der Waals surface area contributed by atoms with Crippen LogP contribution in [-0.2, 0) is 4.79 Å². The van der Waals surface area contributed by atoms with Crippen LogP contribution in [0.25, 0.3) is 0 Å². The lowest BCUT2D eigenvalue weighted by Gasteiger charge is -2.19. The molecule has 0 aliphatic carbocycles. The van der Waals surface area contributed by atoms with Gasteiger partial charge in [-0.15, -0.1) is 0 Å². The second-order valence-electron chi connectivity index (χ2n) is 20.0. The molecule has 0 saturated carbocycles. The molecule has 0 spiro atoms. The van der Waals surface area contributed by atoms with Gasteiger partial charge in [-0.2, -0.15) is 0 Å². The summed E-state index contributed by atoms with van der Waals surface area (Å²) < 4.78 is 0. The van der Waals surface area contributed by atoms with Crippen LogP contribution in [0.3, 0.4) is 0 Å². The molecule has 3 N–H and O–H groups in total. The fourth-order valence-corrected chi connectivity index (χ4v) is 8.36. The Morgan fingerprint density at radius 2 is 0.608 bits per heavy atom. The minimum atomic E-state index is -0.890. The maximum atomic E-state index is 12.5. The van der Waals surface area contributed by atoms with Crippen molar-refractivity contribution in [3.8, 4) is 0 Å².